The second-order valence-electron chi connectivity index (χ2n) is 8.15. The van der Waals surface area contributed by atoms with Crippen LogP contribution in [-0.4, -0.2) is 11.0 Å². The number of hydrogen-bond donors (Lipinski definition) is 1. The van der Waals surface area contributed by atoms with Gasteiger partial charge in [0.2, 0.25) is 6.04 Å². The fraction of sp³-hybridized carbons (Fsp3) is 0.476. The van der Waals surface area contributed by atoms with E-state index >= 15 is 0 Å². The number of benzene rings is 1. The van der Waals surface area contributed by atoms with Crippen molar-refractivity contribution in [3.63, 3.8) is 0 Å². The van der Waals surface area contributed by atoms with Crippen LogP contribution in [0.4, 0.5) is 0 Å². The maximum Gasteiger partial charge on any atom is 0.239 e. The summed E-state index contributed by atoms with van der Waals surface area (Å²) in [4.78, 5) is 7.58. The molecule has 0 saturated heterocycles. The van der Waals surface area contributed by atoms with E-state index in [2.05, 4.69) is 61.6 Å². The van der Waals surface area contributed by atoms with Crippen molar-refractivity contribution in [2.24, 2.45) is 11.3 Å². The Balaban J connectivity index is 2.02. The Hall–Kier alpha value is -2.01. The summed E-state index contributed by atoms with van der Waals surface area (Å²) in [6.07, 6.45) is 6.41. The van der Waals surface area contributed by atoms with Crippen LogP contribution in [0.5, 0.6) is 0 Å². The number of nitrogens with one attached hydrogen (secondary N) is 1. The van der Waals surface area contributed by atoms with Crippen LogP contribution >= 0.6 is 0 Å². The SMILES string of the molecule is [C-]#[N+][C@@H]1[C@@H]2c3c[nH]c4cccc(c34)C(C)(C)[C@H]2CC[C@]1(C)C=C. The summed E-state index contributed by atoms with van der Waals surface area (Å²) >= 11 is 0. The minimum atomic E-state index is -0.0884. The molecule has 0 bridgehead atoms. The third-order valence-electron chi connectivity index (χ3n) is 6.77. The van der Waals surface area contributed by atoms with Gasteiger partial charge in [0.25, 0.3) is 0 Å². The summed E-state index contributed by atoms with van der Waals surface area (Å²) < 4.78 is 0. The van der Waals surface area contributed by atoms with Gasteiger partial charge in [0.15, 0.2) is 0 Å². The quantitative estimate of drug-likeness (QED) is 0.535. The Morgan fingerprint density at radius 2 is 2.13 bits per heavy atom. The number of hydrogen-bond acceptors (Lipinski definition) is 0. The van der Waals surface area contributed by atoms with Crippen molar-refractivity contribution in [1.29, 1.82) is 0 Å². The van der Waals surface area contributed by atoms with Crippen molar-refractivity contribution in [2.75, 3.05) is 0 Å². The van der Waals surface area contributed by atoms with E-state index in [1.54, 1.807) is 0 Å². The molecule has 0 unspecified atom stereocenters. The molecule has 0 amide bonds. The minimum absolute atomic E-state index is 0.0228. The molecule has 4 rings (SSSR count). The lowest BCUT2D eigenvalue weighted by molar-refractivity contribution is 0.119. The molecular formula is C21H24N2. The van der Waals surface area contributed by atoms with E-state index in [0.717, 1.165) is 12.8 Å². The van der Waals surface area contributed by atoms with E-state index in [4.69, 9.17) is 6.57 Å². The van der Waals surface area contributed by atoms with E-state index in [1.807, 2.05) is 6.08 Å². The first-order chi connectivity index (χ1) is 10.9. The zero-order chi connectivity index (χ0) is 16.4. The molecule has 2 aromatic rings. The van der Waals surface area contributed by atoms with Crippen LogP contribution in [0.2, 0.25) is 0 Å². The van der Waals surface area contributed by atoms with Crippen LogP contribution in [0.15, 0.2) is 37.1 Å². The highest BCUT2D eigenvalue weighted by Crippen LogP contribution is 2.59. The van der Waals surface area contributed by atoms with E-state index in [1.165, 1.54) is 22.0 Å². The summed E-state index contributed by atoms with van der Waals surface area (Å²) in [6, 6.07) is 6.57. The highest BCUT2D eigenvalue weighted by Gasteiger charge is 2.57. The fourth-order valence-electron chi connectivity index (χ4n) is 5.28. The number of rotatable bonds is 1. The van der Waals surface area contributed by atoms with Crippen LogP contribution in [0.1, 0.15) is 50.7 Å². The number of nitrogens with zero attached hydrogens (tertiary/aromatic N) is 1. The third-order valence-corrected chi connectivity index (χ3v) is 6.77. The van der Waals surface area contributed by atoms with E-state index in [0.29, 0.717) is 11.8 Å². The molecule has 2 aliphatic carbocycles. The Morgan fingerprint density at radius 1 is 1.35 bits per heavy atom. The number of aromatic amines is 1. The topological polar surface area (TPSA) is 20.1 Å². The van der Waals surface area contributed by atoms with Gasteiger partial charge in [0.05, 0.1) is 11.3 Å². The van der Waals surface area contributed by atoms with Crippen LogP contribution in [0, 0.1) is 17.9 Å². The molecular weight excluding hydrogens is 280 g/mol. The van der Waals surface area contributed by atoms with E-state index in [-0.39, 0.29) is 16.9 Å². The molecule has 4 atom stereocenters. The van der Waals surface area contributed by atoms with Gasteiger partial charge < -0.3 is 9.83 Å². The second kappa shape index (κ2) is 4.51. The van der Waals surface area contributed by atoms with Crippen molar-refractivity contribution in [2.45, 2.75) is 51.0 Å². The van der Waals surface area contributed by atoms with Crippen molar-refractivity contribution < 1.29 is 0 Å². The van der Waals surface area contributed by atoms with Gasteiger partial charge in [0.1, 0.15) is 0 Å². The van der Waals surface area contributed by atoms with Crippen molar-refractivity contribution in [3.8, 4) is 0 Å². The summed E-state index contributed by atoms with van der Waals surface area (Å²) in [5.74, 6) is 0.812. The standard InChI is InChI=1S/C21H24N2/c1-6-21(4)11-10-15-18(19(21)22-5)13-12-23-16-9-7-8-14(17(13)16)20(15,2)3/h6-9,12,15,18-19,23H,1,10-11H2,2-4H3/t15-,18+,19+,21-/m0/s1. The molecule has 1 fully saturated rings. The Morgan fingerprint density at radius 3 is 2.83 bits per heavy atom. The lowest BCUT2D eigenvalue weighted by Crippen LogP contribution is -2.49. The van der Waals surface area contributed by atoms with Crippen molar-refractivity contribution in [3.05, 3.63) is 59.6 Å². The predicted octanol–water partition coefficient (Wildman–Crippen LogP) is 5.43. The second-order valence-corrected chi connectivity index (χ2v) is 8.15. The zero-order valence-electron chi connectivity index (χ0n) is 14.2. The maximum atomic E-state index is 7.90. The molecule has 0 aliphatic heterocycles. The Labute approximate surface area is 138 Å². The van der Waals surface area contributed by atoms with Crippen molar-refractivity contribution >= 4 is 10.9 Å². The van der Waals surface area contributed by atoms with Crippen LogP contribution in [0.3, 0.4) is 0 Å². The first-order valence-electron chi connectivity index (χ1n) is 8.54. The molecule has 0 radical (unpaired) electrons. The molecule has 2 aliphatic rings. The molecule has 1 heterocycles. The minimum Gasteiger partial charge on any atom is -0.361 e. The fourth-order valence-corrected chi connectivity index (χ4v) is 5.28. The summed E-state index contributed by atoms with van der Waals surface area (Å²) in [5, 5.41) is 1.36. The predicted molar refractivity (Wildman–Crippen MR) is 95.5 cm³/mol. The molecule has 118 valence electrons. The Kier molecular flexibility index (Phi) is 2.86. The zero-order valence-corrected chi connectivity index (χ0v) is 14.2. The molecule has 1 saturated carbocycles. The number of aromatic nitrogens is 1. The number of fused-ring (bicyclic) bond motifs is 2. The molecule has 2 heteroatoms. The molecule has 1 N–H and O–H groups in total. The summed E-state index contributed by atoms with van der Waals surface area (Å²) in [6.45, 7) is 18.9. The normalized spacial score (nSPS) is 34.6. The summed E-state index contributed by atoms with van der Waals surface area (Å²) in [5.41, 5.74) is 4.02. The average molecular weight is 304 g/mol. The van der Waals surface area contributed by atoms with Gasteiger partial charge in [-0.1, -0.05) is 32.1 Å². The van der Waals surface area contributed by atoms with Gasteiger partial charge in [-0.2, -0.15) is 0 Å². The van der Waals surface area contributed by atoms with Gasteiger partial charge in [0, 0.05) is 17.1 Å². The van der Waals surface area contributed by atoms with E-state index < -0.39 is 0 Å². The van der Waals surface area contributed by atoms with Crippen LogP contribution in [0.25, 0.3) is 15.7 Å². The smallest absolute Gasteiger partial charge is 0.239 e. The lowest BCUT2D eigenvalue weighted by Gasteiger charge is -2.50. The summed E-state index contributed by atoms with van der Waals surface area (Å²) in [7, 11) is 0. The average Bonchev–Trinajstić information content (AvgIpc) is 2.97. The molecule has 2 nitrogen and oxygen atoms in total. The number of H-pyrrole nitrogens is 1. The lowest BCUT2D eigenvalue weighted by atomic mass is 9.51. The van der Waals surface area contributed by atoms with Gasteiger partial charge in [-0.3, -0.25) is 0 Å². The van der Waals surface area contributed by atoms with Crippen molar-refractivity contribution in [1.82, 2.24) is 4.98 Å². The first kappa shape index (κ1) is 14.6. The highest BCUT2D eigenvalue weighted by molar-refractivity contribution is 5.89. The highest BCUT2D eigenvalue weighted by atomic mass is 14.8. The monoisotopic (exact) mass is 304 g/mol. The maximum absolute atomic E-state index is 7.90. The van der Waals surface area contributed by atoms with Gasteiger partial charge >= 0.3 is 0 Å². The Bertz CT molecular complexity index is 835. The van der Waals surface area contributed by atoms with Crippen LogP contribution < -0.4 is 0 Å². The van der Waals surface area contributed by atoms with E-state index in [9.17, 15) is 0 Å². The van der Waals surface area contributed by atoms with Crippen LogP contribution in [-0.2, 0) is 5.41 Å². The van der Waals surface area contributed by atoms with Gasteiger partial charge in [-0.05, 0) is 48.3 Å². The van der Waals surface area contributed by atoms with Gasteiger partial charge in [-0.15, -0.1) is 6.58 Å². The van der Waals surface area contributed by atoms with Gasteiger partial charge in [-0.25, -0.2) is 6.57 Å². The largest absolute Gasteiger partial charge is 0.361 e. The molecule has 0 spiro atoms. The third kappa shape index (κ3) is 1.68. The first-order valence-corrected chi connectivity index (χ1v) is 8.54. The molecule has 23 heavy (non-hydrogen) atoms. The molecule has 1 aromatic heterocycles. The molecule has 1 aromatic carbocycles.